The standard InChI is InChI=1S/C16H23N3O2S2/c1-12-5-7-22-15(12)11-19-6-3-4-13(10-19)8-14-16(9-17-18-14)23(2,20)21/h5,7,9,13H,3-4,6,8,10-11H2,1-2H3,(H,17,18)/t13-/m0/s1. The predicted octanol–water partition coefficient (Wildman–Crippen LogP) is 2.64. The van der Waals surface area contributed by atoms with Crippen molar-refractivity contribution in [1.82, 2.24) is 15.1 Å². The second-order valence-electron chi connectivity index (χ2n) is 6.46. The highest BCUT2D eigenvalue weighted by molar-refractivity contribution is 7.90. The number of hydrogen-bond donors (Lipinski definition) is 1. The van der Waals surface area contributed by atoms with Gasteiger partial charge < -0.3 is 0 Å². The molecule has 126 valence electrons. The lowest BCUT2D eigenvalue weighted by molar-refractivity contribution is 0.167. The van der Waals surface area contributed by atoms with Gasteiger partial charge in [0.1, 0.15) is 4.90 Å². The van der Waals surface area contributed by atoms with Gasteiger partial charge in [-0.3, -0.25) is 10.00 Å². The number of rotatable bonds is 5. The molecule has 5 nitrogen and oxygen atoms in total. The molecule has 0 radical (unpaired) electrons. The summed E-state index contributed by atoms with van der Waals surface area (Å²) in [6.07, 6.45) is 5.73. The van der Waals surface area contributed by atoms with Crippen LogP contribution in [0.4, 0.5) is 0 Å². The maximum atomic E-state index is 11.8. The van der Waals surface area contributed by atoms with Crippen molar-refractivity contribution in [3.05, 3.63) is 33.8 Å². The number of nitrogens with zero attached hydrogens (tertiary/aromatic N) is 2. The van der Waals surface area contributed by atoms with Crippen molar-refractivity contribution >= 4 is 21.2 Å². The van der Waals surface area contributed by atoms with E-state index in [1.165, 1.54) is 22.9 Å². The third-order valence-corrected chi connectivity index (χ3v) is 6.67. The number of aryl methyl sites for hydroxylation is 1. The number of likely N-dealkylation sites (tertiary alicyclic amines) is 1. The van der Waals surface area contributed by atoms with Gasteiger partial charge in [0.05, 0.1) is 11.9 Å². The number of aromatic amines is 1. The lowest BCUT2D eigenvalue weighted by Crippen LogP contribution is -2.35. The van der Waals surface area contributed by atoms with Crippen LogP contribution in [0.1, 0.15) is 29.0 Å². The zero-order chi connectivity index (χ0) is 16.4. The zero-order valence-corrected chi connectivity index (χ0v) is 15.2. The quantitative estimate of drug-likeness (QED) is 0.897. The minimum absolute atomic E-state index is 0.351. The van der Waals surface area contributed by atoms with Gasteiger partial charge in [-0.2, -0.15) is 5.10 Å². The van der Waals surface area contributed by atoms with Crippen molar-refractivity contribution in [1.29, 1.82) is 0 Å². The van der Waals surface area contributed by atoms with E-state index in [-0.39, 0.29) is 0 Å². The average Bonchev–Trinajstić information content (AvgIpc) is 3.09. The molecule has 2 aromatic rings. The van der Waals surface area contributed by atoms with Crippen LogP contribution in [0.3, 0.4) is 0 Å². The first-order chi connectivity index (χ1) is 10.9. The average molecular weight is 354 g/mol. The largest absolute Gasteiger partial charge is 0.298 e. The maximum absolute atomic E-state index is 11.8. The van der Waals surface area contributed by atoms with Crippen molar-refractivity contribution in [3.8, 4) is 0 Å². The Labute approximate surface area is 141 Å². The Kier molecular flexibility index (Phi) is 4.89. The minimum atomic E-state index is -3.21. The second kappa shape index (κ2) is 6.75. The molecule has 1 N–H and O–H groups in total. The molecule has 0 amide bonds. The molecule has 23 heavy (non-hydrogen) atoms. The fourth-order valence-corrected chi connectivity index (χ4v) is 5.06. The van der Waals surface area contributed by atoms with Crippen LogP contribution in [0.2, 0.25) is 0 Å². The monoisotopic (exact) mass is 353 g/mol. The molecule has 1 atom stereocenters. The second-order valence-corrected chi connectivity index (χ2v) is 9.44. The predicted molar refractivity (Wildman–Crippen MR) is 92.5 cm³/mol. The zero-order valence-electron chi connectivity index (χ0n) is 13.6. The molecule has 0 aromatic carbocycles. The van der Waals surface area contributed by atoms with Gasteiger partial charge in [0.2, 0.25) is 0 Å². The summed E-state index contributed by atoms with van der Waals surface area (Å²) in [5, 5.41) is 8.96. The fourth-order valence-electron chi connectivity index (χ4n) is 3.29. The van der Waals surface area contributed by atoms with Crippen LogP contribution in [-0.4, -0.2) is 42.9 Å². The van der Waals surface area contributed by atoms with Crippen molar-refractivity contribution in [2.75, 3.05) is 19.3 Å². The summed E-state index contributed by atoms with van der Waals surface area (Å²) < 4.78 is 23.6. The number of hydrogen-bond acceptors (Lipinski definition) is 5. The molecule has 1 aliphatic heterocycles. The van der Waals surface area contributed by atoms with Crippen molar-refractivity contribution < 1.29 is 8.42 Å². The number of thiophene rings is 1. The van der Waals surface area contributed by atoms with Gasteiger partial charge in [0, 0.05) is 24.2 Å². The van der Waals surface area contributed by atoms with E-state index in [4.69, 9.17) is 0 Å². The van der Waals surface area contributed by atoms with Crippen molar-refractivity contribution in [2.24, 2.45) is 5.92 Å². The molecule has 0 saturated carbocycles. The molecular formula is C16H23N3O2S2. The van der Waals surface area contributed by atoms with E-state index in [0.29, 0.717) is 10.8 Å². The van der Waals surface area contributed by atoms with Gasteiger partial charge in [0.15, 0.2) is 9.84 Å². The van der Waals surface area contributed by atoms with E-state index in [2.05, 4.69) is 33.5 Å². The fraction of sp³-hybridized carbons (Fsp3) is 0.562. The maximum Gasteiger partial charge on any atom is 0.178 e. The molecule has 0 bridgehead atoms. The van der Waals surface area contributed by atoms with Crippen LogP contribution >= 0.6 is 11.3 Å². The van der Waals surface area contributed by atoms with E-state index in [0.717, 1.165) is 44.6 Å². The highest BCUT2D eigenvalue weighted by Crippen LogP contribution is 2.26. The van der Waals surface area contributed by atoms with Crippen LogP contribution in [0.15, 0.2) is 22.5 Å². The summed E-state index contributed by atoms with van der Waals surface area (Å²) in [6, 6.07) is 2.17. The molecular weight excluding hydrogens is 330 g/mol. The third kappa shape index (κ3) is 4.02. The molecule has 1 fully saturated rings. The number of sulfone groups is 1. The Morgan fingerprint density at radius 3 is 3.00 bits per heavy atom. The summed E-state index contributed by atoms with van der Waals surface area (Å²) in [5.41, 5.74) is 2.12. The summed E-state index contributed by atoms with van der Waals surface area (Å²) in [6.45, 7) is 5.30. The van der Waals surface area contributed by atoms with Crippen LogP contribution in [0, 0.1) is 12.8 Å². The number of nitrogens with one attached hydrogen (secondary N) is 1. The third-order valence-electron chi connectivity index (χ3n) is 4.51. The van der Waals surface area contributed by atoms with Crippen molar-refractivity contribution in [2.45, 2.75) is 37.6 Å². The Morgan fingerprint density at radius 1 is 1.48 bits per heavy atom. The smallest absolute Gasteiger partial charge is 0.178 e. The molecule has 3 rings (SSSR count). The van der Waals surface area contributed by atoms with Gasteiger partial charge in [-0.15, -0.1) is 11.3 Å². The molecule has 0 unspecified atom stereocenters. The Hall–Kier alpha value is -1.18. The van der Waals surface area contributed by atoms with Crippen LogP contribution in [-0.2, 0) is 22.8 Å². The van der Waals surface area contributed by atoms with E-state index < -0.39 is 9.84 Å². The number of piperidine rings is 1. The molecule has 2 aromatic heterocycles. The highest BCUT2D eigenvalue weighted by atomic mass is 32.2. The van der Waals surface area contributed by atoms with E-state index >= 15 is 0 Å². The van der Waals surface area contributed by atoms with Crippen LogP contribution in [0.5, 0.6) is 0 Å². The lowest BCUT2D eigenvalue weighted by Gasteiger charge is -2.32. The lowest BCUT2D eigenvalue weighted by atomic mass is 9.93. The molecule has 7 heteroatoms. The van der Waals surface area contributed by atoms with Gasteiger partial charge >= 0.3 is 0 Å². The number of aromatic nitrogens is 2. The normalized spacial score (nSPS) is 20.0. The number of H-pyrrole nitrogens is 1. The Balaban J connectivity index is 1.65. The topological polar surface area (TPSA) is 66.1 Å². The SMILES string of the molecule is Cc1ccsc1CN1CCC[C@@H](Cc2[nH]ncc2S(C)(=O)=O)C1. The Morgan fingerprint density at radius 2 is 2.30 bits per heavy atom. The first kappa shape index (κ1) is 16.7. The van der Waals surface area contributed by atoms with Gasteiger partial charge in [-0.05, 0) is 55.7 Å². The first-order valence-electron chi connectivity index (χ1n) is 7.91. The molecule has 0 aliphatic carbocycles. The molecule has 0 spiro atoms. The summed E-state index contributed by atoms with van der Waals surface area (Å²) in [4.78, 5) is 4.27. The summed E-state index contributed by atoms with van der Waals surface area (Å²) in [7, 11) is -3.21. The highest BCUT2D eigenvalue weighted by Gasteiger charge is 2.24. The molecule has 1 aliphatic rings. The van der Waals surface area contributed by atoms with E-state index in [1.807, 2.05) is 11.3 Å². The van der Waals surface area contributed by atoms with Crippen LogP contribution in [0.25, 0.3) is 0 Å². The Bertz CT molecular complexity index is 764. The summed E-state index contributed by atoms with van der Waals surface area (Å²) in [5.74, 6) is 0.477. The van der Waals surface area contributed by atoms with Gasteiger partial charge in [-0.1, -0.05) is 0 Å². The summed E-state index contributed by atoms with van der Waals surface area (Å²) >= 11 is 1.82. The van der Waals surface area contributed by atoms with Gasteiger partial charge in [-0.25, -0.2) is 8.42 Å². The first-order valence-corrected chi connectivity index (χ1v) is 10.7. The van der Waals surface area contributed by atoms with E-state index in [9.17, 15) is 8.42 Å². The van der Waals surface area contributed by atoms with E-state index in [1.54, 1.807) is 0 Å². The molecule has 1 saturated heterocycles. The molecule has 3 heterocycles. The van der Waals surface area contributed by atoms with Gasteiger partial charge in [0.25, 0.3) is 0 Å². The minimum Gasteiger partial charge on any atom is -0.298 e. The van der Waals surface area contributed by atoms with Crippen molar-refractivity contribution in [3.63, 3.8) is 0 Å². The van der Waals surface area contributed by atoms with Crippen LogP contribution < -0.4 is 0 Å².